The molecule has 19 heavy (non-hydrogen) atoms. The number of nitrogens with zero attached hydrogens (tertiary/aromatic N) is 1. The van der Waals surface area contributed by atoms with Gasteiger partial charge in [0.05, 0.1) is 24.0 Å². The first kappa shape index (κ1) is 15.3. The highest BCUT2D eigenvalue weighted by molar-refractivity contribution is 5.95. The van der Waals surface area contributed by atoms with Crippen molar-refractivity contribution in [3.8, 4) is 0 Å². The lowest BCUT2D eigenvalue weighted by Gasteiger charge is -2.21. The van der Waals surface area contributed by atoms with E-state index in [1.54, 1.807) is 0 Å². The fourth-order valence-corrected chi connectivity index (χ4v) is 1.62. The van der Waals surface area contributed by atoms with Crippen molar-refractivity contribution in [2.24, 2.45) is 0 Å². The zero-order valence-corrected chi connectivity index (χ0v) is 10.7. The highest BCUT2D eigenvalue weighted by Crippen LogP contribution is 2.18. The van der Waals surface area contributed by atoms with Crippen LogP contribution in [0.4, 0.5) is 14.5 Å². The molecule has 0 fully saturated rings. The lowest BCUT2D eigenvalue weighted by Crippen LogP contribution is -2.36. The number of hydrogen-bond donors (Lipinski definition) is 2. The number of amides is 1. The molecule has 1 aromatic rings. The highest BCUT2D eigenvalue weighted by Gasteiger charge is 2.21. The third-order valence-electron chi connectivity index (χ3n) is 2.49. The number of halogens is 2. The van der Waals surface area contributed by atoms with Crippen LogP contribution in [-0.4, -0.2) is 49.3 Å². The van der Waals surface area contributed by atoms with Crippen molar-refractivity contribution >= 4 is 11.6 Å². The van der Waals surface area contributed by atoms with Gasteiger partial charge in [-0.3, -0.25) is 4.79 Å². The molecule has 106 valence electrons. The predicted octanol–water partition coefficient (Wildman–Crippen LogP) is 0.626. The molecular weight excluding hydrogens is 258 g/mol. The van der Waals surface area contributed by atoms with E-state index in [4.69, 9.17) is 10.5 Å². The van der Waals surface area contributed by atoms with Crippen molar-refractivity contribution in [2.45, 2.75) is 6.10 Å². The summed E-state index contributed by atoms with van der Waals surface area (Å²) in [4.78, 5) is 13.0. The lowest BCUT2D eigenvalue weighted by molar-refractivity contribution is 0.0378. The summed E-state index contributed by atoms with van der Waals surface area (Å²) in [6.07, 6.45) is -0.909. The highest BCUT2D eigenvalue weighted by atomic mass is 19.1. The van der Waals surface area contributed by atoms with Crippen LogP contribution in [0.15, 0.2) is 12.1 Å². The second kappa shape index (κ2) is 6.44. The molecule has 0 spiro atoms. The van der Waals surface area contributed by atoms with Gasteiger partial charge in [-0.15, -0.1) is 0 Å². The molecule has 5 nitrogen and oxygen atoms in total. The van der Waals surface area contributed by atoms with E-state index < -0.39 is 34.9 Å². The van der Waals surface area contributed by atoms with Gasteiger partial charge in [-0.25, -0.2) is 8.78 Å². The molecule has 0 saturated heterocycles. The van der Waals surface area contributed by atoms with Gasteiger partial charge in [0, 0.05) is 20.7 Å². The second-order valence-electron chi connectivity index (χ2n) is 4.15. The SMILES string of the molecule is COCC(O)CN(C)C(=O)c1cc(F)cc(N)c1F. The molecule has 0 aliphatic rings. The maximum Gasteiger partial charge on any atom is 0.256 e. The van der Waals surface area contributed by atoms with Crippen LogP contribution in [0.5, 0.6) is 0 Å². The Balaban J connectivity index is 2.88. The van der Waals surface area contributed by atoms with Crippen LogP contribution in [0.2, 0.25) is 0 Å². The number of ether oxygens (including phenoxy) is 1. The topological polar surface area (TPSA) is 75.8 Å². The normalized spacial score (nSPS) is 12.3. The summed E-state index contributed by atoms with van der Waals surface area (Å²) < 4.78 is 31.5. The number of rotatable bonds is 5. The molecule has 0 aliphatic heterocycles. The third kappa shape index (κ3) is 3.87. The van der Waals surface area contributed by atoms with E-state index >= 15 is 0 Å². The van der Waals surface area contributed by atoms with Gasteiger partial charge in [0.25, 0.3) is 5.91 Å². The van der Waals surface area contributed by atoms with Crippen LogP contribution in [-0.2, 0) is 4.74 Å². The summed E-state index contributed by atoms with van der Waals surface area (Å²) in [6, 6.07) is 1.57. The summed E-state index contributed by atoms with van der Waals surface area (Å²) in [5.74, 6) is -2.54. The van der Waals surface area contributed by atoms with Crippen molar-refractivity contribution in [3.05, 3.63) is 29.3 Å². The van der Waals surface area contributed by atoms with Gasteiger partial charge in [-0.2, -0.15) is 0 Å². The molecule has 0 radical (unpaired) electrons. The molecular formula is C12H16F2N2O3. The van der Waals surface area contributed by atoms with Crippen molar-refractivity contribution in [1.29, 1.82) is 0 Å². The molecule has 0 aliphatic carbocycles. The second-order valence-corrected chi connectivity index (χ2v) is 4.15. The average Bonchev–Trinajstić information content (AvgIpc) is 2.33. The summed E-state index contributed by atoms with van der Waals surface area (Å²) in [5, 5.41) is 9.48. The summed E-state index contributed by atoms with van der Waals surface area (Å²) in [6.45, 7) is -0.0338. The molecule has 1 amide bonds. The number of carbonyl (C=O) groups is 1. The van der Waals surface area contributed by atoms with Gasteiger partial charge in [-0.05, 0) is 12.1 Å². The average molecular weight is 274 g/mol. The summed E-state index contributed by atoms with van der Waals surface area (Å²) in [5.41, 5.74) is 4.35. The number of benzene rings is 1. The smallest absolute Gasteiger partial charge is 0.256 e. The van der Waals surface area contributed by atoms with Crippen LogP contribution in [0.3, 0.4) is 0 Å². The minimum Gasteiger partial charge on any atom is -0.396 e. The Labute approximate surface area is 109 Å². The first-order valence-electron chi connectivity index (χ1n) is 5.53. The fourth-order valence-electron chi connectivity index (χ4n) is 1.62. The van der Waals surface area contributed by atoms with E-state index in [2.05, 4.69) is 0 Å². The molecule has 1 aromatic carbocycles. The standard InChI is InChI=1S/C12H16F2N2O3/c1-16(5-8(17)6-19-2)12(18)9-3-7(13)4-10(15)11(9)14/h3-4,8,17H,5-6,15H2,1-2H3. The number of anilines is 1. The quantitative estimate of drug-likeness (QED) is 0.772. The largest absolute Gasteiger partial charge is 0.396 e. The zero-order valence-electron chi connectivity index (χ0n) is 10.7. The van der Waals surface area contributed by atoms with Crippen molar-refractivity contribution in [1.82, 2.24) is 4.90 Å². The molecule has 0 saturated carbocycles. The number of aliphatic hydroxyl groups excluding tert-OH is 1. The van der Waals surface area contributed by atoms with Gasteiger partial charge in [-0.1, -0.05) is 0 Å². The summed E-state index contributed by atoms with van der Waals surface area (Å²) in [7, 11) is 2.76. The van der Waals surface area contributed by atoms with Gasteiger partial charge >= 0.3 is 0 Å². The fraction of sp³-hybridized carbons (Fsp3) is 0.417. The molecule has 1 unspecified atom stereocenters. The molecule has 0 bridgehead atoms. The molecule has 0 heterocycles. The van der Waals surface area contributed by atoms with E-state index in [0.717, 1.165) is 17.0 Å². The lowest BCUT2D eigenvalue weighted by atomic mass is 10.1. The zero-order chi connectivity index (χ0) is 14.6. The maximum atomic E-state index is 13.7. The number of nitrogens with two attached hydrogens (primary N) is 1. The van der Waals surface area contributed by atoms with E-state index in [0.29, 0.717) is 0 Å². The maximum absolute atomic E-state index is 13.7. The first-order valence-corrected chi connectivity index (χ1v) is 5.53. The minimum absolute atomic E-state index is 0.0331. The minimum atomic E-state index is -0.973. The third-order valence-corrected chi connectivity index (χ3v) is 2.49. The van der Waals surface area contributed by atoms with Gasteiger partial charge in [0.15, 0.2) is 5.82 Å². The number of hydrogen-bond acceptors (Lipinski definition) is 4. The Kier molecular flexibility index (Phi) is 5.20. The number of nitrogen functional groups attached to an aromatic ring is 1. The Morgan fingerprint density at radius 1 is 1.53 bits per heavy atom. The van der Waals surface area contributed by atoms with E-state index in [-0.39, 0.29) is 13.2 Å². The van der Waals surface area contributed by atoms with Crippen molar-refractivity contribution in [2.75, 3.05) is 33.0 Å². The Morgan fingerprint density at radius 2 is 2.16 bits per heavy atom. The van der Waals surface area contributed by atoms with Crippen LogP contribution in [0.25, 0.3) is 0 Å². The molecule has 3 N–H and O–H groups in total. The molecule has 0 aromatic heterocycles. The Morgan fingerprint density at radius 3 is 2.74 bits per heavy atom. The molecule has 1 rings (SSSR count). The van der Waals surface area contributed by atoms with Crippen LogP contribution < -0.4 is 5.73 Å². The Hall–Kier alpha value is -1.73. The molecule has 1 atom stereocenters. The van der Waals surface area contributed by atoms with Crippen LogP contribution in [0, 0.1) is 11.6 Å². The number of methoxy groups -OCH3 is 1. The number of likely N-dealkylation sites (N-methyl/N-ethyl adjacent to an activating group) is 1. The Bertz CT molecular complexity index is 469. The van der Waals surface area contributed by atoms with Crippen molar-refractivity contribution in [3.63, 3.8) is 0 Å². The van der Waals surface area contributed by atoms with Gasteiger partial charge in [0.2, 0.25) is 0 Å². The first-order chi connectivity index (χ1) is 8.86. The molecule has 7 heteroatoms. The van der Waals surface area contributed by atoms with E-state index in [1.807, 2.05) is 0 Å². The van der Waals surface area contributed by atoms with Crippen molar-refractivity contribution < 1.29 is 23.4 Å². The van der Waals surface area contributed by atoms with Gasteiger partial charge < -0.3 is 20.5 Å². The van der Waals surface area contributed by atoms with Crippen LogP contribution >= 0.6 is 0 Å². The number of aliphatic hydroxyl groups is 1. The number of carbonyl (C=O) groups excluding carboxylic acids is 1. The van der Waals surface area contributed by atoms with E-state index in [9.17, 15) is 18.7 Å². The predicted molar refractivity (Wildman–Crippen MR) is 65.6 cm³/mol. The monoisotopic (exact) mass is 274 g/mol. The summed E-state index contributed by atoms with van der Waals surface area (Å²) >= 11 is 0. The van der Waals surface area contributed by atoms with Crippen LogP contribution in [0.1, 0.15) is 10.4 Å². The van der Waals surface area contributed by atoms with Gasteiger partial charge in [0.1, 0.15) is 5.82 Å². The van der Waals surface area contributed by atoms with E-state index in [1.165, 1.54) is 14.2 Å².